The normalized spacial score (nSPS) is 19.5. The van der Waals surface area contributed by atoms with Crippen LogP contribution in [-0.4, -0.2) is 358 Å². The van der Waals surface area contributed by atoms with Crippen LogP contribution >= 0.6 is 0 Å². The van der Waals surface area contributed by atoms with Crippen LogP contribution in [0.1, 0.15) is 38.5 Å². The largest absolute Gasteiger partial charge is 3.00 e. The van der Waals surface area contributed by atoms with Crippen molar-refractivity contribution in [1.82, 2.24) is 29.4 Å². The van der Waals surface area contributed by atoms with Crippen LogP contribution in [0.5, 0.6) is 0 Å². The van der Waals surface area contributed by atoms with Gasteiger partial charge in [-0.2, -0.15) is 0 Å². The Hall–Kier alpha value is -6.94. The molecule has 0 saturated carbocycles. The van der Waals surface area contributed by atoms with Gasteiger partial charge >= 0.3 is 64.3 Å². The van der Waals surface area contributed by atoms with Crippen molar-refractivity contribution >= 4 is 64.8 Å². The topological polar surface area (TPSA) is 638 Å². The number of aliphatic hydroxyl groups excluding tert-OH is 18. The second-order valence-electron chi connectivity index (χ2n) is 21.6. The fourth-order valence-corrected chi connectivity index (χ4v) is 10.6. The van der Waals surface area contributed by atoms with Gasteiger partial charge in [-0.05, 0) is 50.7 Å². The number of benzene rings is 1. The minimum Gasteiger partial charge on any atom is -0.502 e. The fraction of sp³-hybridized carbons (Fsp3) is 0.585. The smallest absolute Gasteiger partial charge is 0.502 e. The second-order valence-corrected chi connectivity index (χ2v) is 21.6. The van der Waals surface area contributed by atoms with Gasteiger partial charge in [-0.1, -0.05) is 18.2 Å². The Morgan fingerprint density at radius 3 is 0.882 bits per heavy atom. The van der Waals surface area contributed by atoms with Crippen molar-refractivity contribution in [2.45, 2.75) is 117 Å². The van der Waals surface area contributed by atoms with Gasteiger partial charge in [-0.15, -0.1) is 0 Å². The van der Waals surface area contributed by atoms with E-state index in [1.165, 1.54) is 30.3 Å². The van der Waals surface area contributed by atoms with Gasteiger partial charge in [0.2, 0.25) is 34.6 Å². The van der Waals surface area contributed by atoms with E-state index in [0.29, 0.717) is 19.6 Å². The molecule has 3 heterocycles. The van der Waals surface area contributed by atoms with Gasteiger partial charge in [-0.3, -0.25) is 48.4 Å². The molecule has 22 N–H and O–H groups in total. The van der Waals surface area contributed by atoms with E-state index in [2.05, 4.69) is 0 Å². The van der Waals surface area contributed by atoms with Crippen molar-refractivity contribution in [2.75, 3.05) is 83.6 Å². The summed E-state index contributed by atoms with van der Waals surface area (Å²) in [5, 5.41) is 230. The third-order valence-corrected chi connectivity index (χ3v) is 15.4. The number of allylic oxidation sites excluding steroid dienone is 3. The van der Waals surface area contributed by atoms with E-state index in [9.17, 15) is 160 Å². The van der Waals surface area contributed by atoms with Crippen LogP contribution in [0.15, 0.2) is 65.1 Å². The molecule has 0 saturated heterocycles. The molecule has 0 fully saturated rings. The Labute approximate surface area is 557 Å². The van der Waals surface area contributed by atoms with Crippen LogP contribution in [0.3, 0.4) is 0 Å². The van der Waals surface area contributed by atoms with E-state index in [-0.39, 0.29) is 60.3 Å². The molecule has 519 valence electrons. The molecule has 39 nitrogen and oxygen atoms in total. The van der Waals surface area contributed by atoms with E-state index >= 15 is 0 Å². The van der Waals surface area contributed by atoms with Gasteiger partial charge in [0.05, 0.1) is 45.0 Å². The molecule has 40 heteroatoms. The molecule has 0 bridgehead atoms. The quantitative estimate of drug-likeness (QED) is 0.0281. The Bertz CT molecular complexity index is 2700. The average molecular weight is 1480 g/mol. The predicted molar refractivity (Wildman–Crippen MR) is 299 cm³/mol. The molecule has 93 heavy (non-hydrogen) atoms. The molecule has 0 aliphatic carbocycles. The summed E-state index contributed by atoms with van der Waals surface area (Å²) in [6, 6.07) is 6.48. The number of hydrogen-bond acceptors (Lipinski definition) is 31. The van der Waals surface area contributed by atoms with Crippen molar-refractivity contribution in [3.8, 4) is 0 Å². The first kappa shape index (κ1) is 80.3. The summed E-state index contributed by atoms with van der Waals surface area (Å²) < 4.78 is 0. The first-order valence-corrected chi connectivity index (χ1v) is 27.9. The van der Waals surface area contributed by atoms with Crippen LogP contribution in [0, 0.1) is 39.9 Å². The molecular weight excluding hydrogens is 1400 g/mol. The number of carbonyl (C=O) groups excluding carboxylic acids is 6. The van der Waals surface area contributed by atoms with Gasteiger partial charge in [0.1, 0.15) is 73.2 Å². The van der Waals surface area contributed by atoms with Gasteiger partial charge < -0.3 is 127 Å². The average Bonchev–Trinajstić information content (AvgIpc) is 0.818. The van der Waals surface area contributed by atoms with Crippen LogP contribution in [0.25, 0.3) is 0 Å². The number of ketones is 6. The molecule has 3 aliphatic heterocycles. The van der Waals surface area contributed by atoms with Crippen molar-refractivity contribution < 1.29 is 200 Å². The van der Waals surface area contributed by atoms with E-state index in [1.807, 2.05) is 0 Å². The summed E-state index contributed by atoms with van der Waals surface area (Å²) in [7, 11) is 0. The third kappa shape index (κ3) is 19.4. The number of hydrogen-bond donors (Lipinski definition) is 22. The second kappa shape index (κ2) is 35.5. The maximum Gasteiger partial charge on any atom is 3.00 e. The molecule has 4 rings (SSSR count). The molecule has 12 unspecified atom stereocenters. The number of aliphatic hydroxyl groups is 18. The standard InChI is InChI=1S/C53H75N7O32.Gd/c61-21-31(70)40(79)34(73)25(64)15-54-18-28(67)37(76)43(82)46(54)57(49(85)86)12-4-9-53(60(52(91)92)24-7-2-1-3-8-24,10-5-13-58(50(87)88)47-44(83)38(77)29(68)19-55(47)16-26(65)35(74)41(80)32(71)22-62)11-6-14-59(51(89)90)48-45(84)39(78)30(69)20-56(48)17-27(66)36(75)42(81)33(72)23-63;/h1-3,7-8,25-27,31-36,40-42,61-66,70-75,79-84H,4-6,9-23H2,(H,85,86)(H,87,88)(H,89,90)(H,91,92);/q;+3. The molecule has 4 amide bonds. The van der Waals surface area contributed by atoms with Crippen molar-refractivity contribution in [3.63, 3.8) is 0 Å². The number of amides is 4. The van der Waals surface area contributed by atoms with E-state index in [0.717, 1.165) is 0 Å². The molecule has 1 aromatic rings. The molecular formula is C53H75GdN7O32+3. The van der Waals surface area contributed by atoms with Crippen LogP contribution in [0.4, 0.5) is 24.9 Å². The number of Topliss-reactive ketones (excluding diaryl/α,β-unsaturated/α-hetero) is 6. The minimum absolute atomic E-state index is 0. The number of carboxylic acid groups (broad SMARTS) is 4. The van der Waals surface area contributed by atoms with Crippen molar-refractivity contribution in [2.24, 2.45) is 0 Å². The number of anilines is 1. The Morgan fingerprint density at radius 1 is 0.409 bits per heavy atom. The predicted octanol–water partition coefficient (Wildman–Crippen LogP) is -7.96. The summed E-state index contributed by atoms with van der Waals surface area (Å²) in [6.45, 7) is -13.2. The van der Waals surface area contributed by atoms with E-state index < -0.39 is 290 Å². The number of β-amino-alcohol motifs (C(OH)–C–C–N with tert-alkyl or cyclic N) is 3. The summed E-state index contributed by atoms with van der Waals surface area (Å²) in [5.74, 6) is -17.2. The SMILES string of the molecule is O=C1CN(CC(O)C(O)C(O)C(O)CO)C(N(CCCC(CCCN(C(=O)O)C2=C(O)C(=O)C(=O)CN2CC(O)C(O)C(O)C(O)CO)(CCCN(C(=O)O)C2=C(O)C(=O)C(=O)CN2CC(O)C(O)C(O)C(O)CO)N(C(=O)O)c2ccccc2)C(=O)O)=C(O)C1=O.[Gd+3]. The zero-order valence-electron chi connectivity index (χ0n) is 48.9. The van der Waals surface area contributed by atoms with Gasteiger partial charge in [-0.25, -0.2) is 19.2 Å². The molecule has 3 aliphatic rings. The maximum absolute atomic E-state index is 14.0. The van der Waals surface area contributed by atoms with Gasteiger partial charge in [0.15, 0.2) is 17.5 Å². The zero-order valence-corrected chi connectivity index (χ0v) is 51.2. The summed E-state index contributed by atoms with van der Waals surface area (Å²) in [4.78, 5) is 134. The third-order valence-electron chi connectivity index (χ3n) is 15.4. The molecule has 0 spiro atoms. The van der Waals surface area contributed by atoms with Crippen LogP contribution in [-0.2, 0) is 28.8 Å². The van der Waals surface area contributed by atoms with Gasteiger partial charge in [0, 0.05) is 45.0 Å². The molecule has 1 aromatic carbocycles. The number of nitrogens with zero attached hydrogens (tertiary/aromatic N) is 7. The van der Waals surface area contributed by atoms with E-state index in [4.69, 9.17) is 0 Å². The first-order valence-electron chi connectivity index (χ1n) is 27.9. The van der Waals surface area contributed by atoms with Crippen molar-refractivity contribution in [3.05, 3.63) is 65.1 Å². The van der Waals surface area contributed by atoms with Crippen LogP contribution in [0.2, 0.25) is 0 Å². The van der Waals surface area contributed by atoms with Crippen LogP contribution < -0.4 is 4.90 Å². The molecule has 0 aromatic heterocycles. The maximum atomic E-state index is 14.0. The summed E-state index contributed by atoms with van der Waals surface area (Å²) in [6.07, 6.45) is -39.3. The number of rotatable bonds is 35. The zero-order chi connectivity index (χ0) is 69.5. The fourth-order valence-electron chi connectivity index (χ4n) is 10.6. The molecule has 1 radical (unpaired) electrons. The summed E-state index contributed by atoms with van der Waals surface area (Å²) in [5.41, 5.74) is -2.49. The van der Waals surface area contributed by atoms with Crippen molar-refractivity contribution in [1.29, 1.82) is 0 Å². The minimum atomic E-state index is -2.37. The monoisotopic (exact) mass is 1480 g/mol. The van der Waals surface area contributed by atoms with E-state index in [1.54, 1.807) is 0 Å². The first-order chi connectivity index (χ1) is 43.0. The Kier molecular flexibility index (Phi) is 30.7. The number of carbonyl (C=O) groups is 10. The Morgan fingerprint density at radius 2 is 0.656 bits per heavy atom. The summed E-state index contributed by atoms with van der Waals surface area (Å²) >= 11 is 0. The molecule has 12 atom stereocenters. The Balaban J connectivity index is 0.0000226. The van der Waals surface area contributed by atoms with Gasteiger partial charge in [0.25, 0.3) is 17.3 Å². The number of para-hydroxylation sites is 1.